The predicted octanol–water partition coefficient (Wildman–Crippen LogP) is 2.60. The summed E-state index contributed by atoms with van der Waals surface area (Å²) in [5.74, 6) is 0.203. The molecule has 1 heterocycles. The Morgan fingerprint density at radius 2 is 1.94 bits per heavy atom. The van der Waals surface area contributed by atoms with Gasteiger partial charge >= 0.3 is 0 Å². The van der Waals surface area contributed by atoms with Crippen molar-refractivity contribution in [2.45, 2.75) is 6.92 Å². The molecule has 0 saturated heterocycles. The first kappa shape index (κ1) is 11.0. The van der Waals surface area contributed by atoms with Crippen LogP contribution < -0.4 is 10.7 Å². The Morgan fingerprint density at radius 3 is 2.62 bits per heavy atom. The van der Waals surface area contributed by atoms with E-state index < -0.39 is 0 Å². The van der Waals surface area contributed by atoms with Gasteiger partial charge in [-0.25, -0.2) is 0 Å². The lowest BCUT2D eigenvalue weighted by molar-refractivity contribution is 1.32. The molecule has 0 radical (unpaired) electrons. The number of aromatic nitrogens is 2. The van der Waals surface area contributed by atoms with E-state index in [2.05, 4.69) is 14.1 Å². The molecule has 0 unspecified atom stereocenters. The first-order valence-electron chi connectivity index (χ1n) is 4.53. The quantitative estimate of drug-likeness (QED) is 0.894. The van der Waals surface area contributed by atoms with E-state index in [-0.39, 0.29) is 16.4 Å². The highest BCUT2D eigenvalue weighted by atomic mass is 35.5. The summed E-state index contributed by atoms with van der Waals surface area (Å²) in [5.41, 5.74) is 1.56. The maximum Gasteiger partial charge on any atom is 0.260 e. The summed E-state index contributed by atoms with van der Waals surface area (Å²) in [6.45, 7) is 1.99. The molecule has 1 aromatic heterocycles. The lowest BCUT2D eigenvalue weighted by Gasteiger charge is -2.03. The molecule has 0 aliphatic heterocycles. The molecule has 0 atom stereocenters. The molecular formula is C10H8ClN3OS. The summed E-state index contributed by atoms with van der Waals surface area (Å²) in [5, 5.41) is 2.84. The zero-order valence-corrected chi connectivity index (χ0v) is 9.97. The molecule has 0 fully saturated rings. The van der Waals surface area contributed by atoms with Gasteiger partial charge in [-0.3, -0.25) is 4.79 Å². The molecule has 2 rings (SSSR count). The second-order valence-electron chi connectivity index (χ2n) is 3.22. The molecule has 2 aromatic rings. The summed E-state index contributed by atoms with van der Waals surface area (Å²) in [6, 6.07) is 7.63. The molecule has 0 aliphatic carbocycles. The van der Waals surface area contributed by atoms with Crippen LogP contribution in [0.2, 0.25) is 5.15 Å². The van der Waals surface area contributed by atoms with Crippen LogP contribution >= 0.6 is 23.3 Å². The van der Waals surface area contributed by atoms with E-state index in [4.69, 9.17) is 11.6 Å². The van der Waals surface area contributed by atoms with Crippen molar-refractivity contribution in [2.75, 3.05) is 5.32 Å². The lowest BCUT2D eigenvalue weighted by Crippen LogP contribution is -2.10. The van der Waals surface area contributed by atoms with Crippen molar-refractivity contribution >= 4 is 34.8 Å². The van der Waals surface area contributed by atoms with Gasteiger partial charge in [0.2, 0.25) is 0 Å². The van der Waals surface area contributed by atoms with Gasteiger partial charge in [-0.1, -0.05) is 29.3 Å². The zero-order valence-electron chi connectivity index (χ0n) is 8.40. The molecule has 4 nitrogen and oxygen atoms in total. The van der Waals surface area contributed by atoms with Crippen molar-refractivity contribution < 1.29 is 0 Å². The molecule has 1 aromatic carbocycles. The van der Waals surface area contributed by atoms with Gasteiger partial charge in [0, 0.05) is 5.69 Å². The fraction of sp³-hybridized carbons (Fsp3) is 0.100. The van der Waals surface area contributed by atoms with Gasteiger partial charge in [0.1, 0.15) is 0 Å². The fourth-order valence-electron chi connectivity index (χ4n) is 1.13. The minimum atomic E-state index is -0.388. The minimum Gasteiger partial charge on any atom is -0.336 e. The Hall–Kier alpha value is -1.46. The van der Waals surface area contributed by atoms with Crippen LogP contribution in [0.15, 0.2) is 29.1 Å². The number of aryl methyl sites for hydroxylation is 1. The molecule has 0 bridgehead atoms. The molecule has 0 saturated carbocycles. The van der Waals surface area contributed by atoms with E-state index in [9.17, 15) is 4.79 Å². The highest BCUT2D eigenvalue weighted by Crippen LogP contribution is 2.13. The third-order valence-corrected chi connectivity index (χ3v) is 2.85. The van der Waals surface area contributed by atoms with Crippen LogP contribution in [-0.2, 0) is 0 Å². The van der Waals surface area contributed by atoms with E-state index in [0.29, 0.717) is 0 Å². The van der Waals surface area contributed by atoms with E-state index in [0.717, 1.165) is 23.0 Å². The van der Waals surface area contributed by atoms with Gasteiger partial charge < -0.3 is 5.32 Å². The maximum absolute atomic E-state index is 11.5. The number of nitrogens with one attached hydrogen (secondary N) is 1. The number of hydrogen-bond donors (Lipinski definition) is 1. The molecule has 16 heavy (non-hydrogen) atoms. The third kappa shape index (κ3) is 2.37. The summed E-state index contributed by atoms with van der Waals surface area (Å²) >= 11 is 6.51. The summed E-state index contributed by atoms with van der Waals surface area (Å²) in [6.07, 6.45) is 0. The van der Waals surface area contributed by atoms with Gasteiger partial charge in [-0.05, 0) is 19.1 Å². The highest BCUT2D eigenvalue weighted by Gasteiger charge is 2.06. The Kier molecular flexibility index (Phi) is 3.17. The van der Waals surface area contributed by atoms with E-state index in [1.165, 1.54) is 0 Å². The predicted molar refractivity (Wildman–Crippen MR) is 65.7 cm³/mol. The number of anilines is 2. The van der Waals surface area contributed by atoms with Crippen molar-refractivity contribution in [3.05, 3.63) is 45.2 Å². The van der Waals surface area contributed by atoms with Crippen LogP contribution in [-0.4, -0.2) is 8.75 Å². The molecule has 0 aliphatic rings. The second kappa shape index (κ2) is 4.59. The first-order chi connectivity index (χ1) is 7.66. The summed E-state index contributed by atoms with van der Waals surface area (Å²) < 4.78 is 7.52. The summed E-state index contributed by atoms with van der Waals surface area (Å²) in [4.78, 5) is 11.5. The topological polar surface area (TPSA) is 54.9 Å². The van der Waals surface area contributed by atoms with Crippen molar-refractivity contribution in [3.8, 4) is 0 Å². The monoisotopic (exact) mass is 253 g/mol. The van der Waals surface area contributed by atoms with Crippen molar-refractivity contribution in [3.63, 3.8) is 0 Å². The molecule has 6 heteroatoms. The molecular weight excluding hydrogens is 246 g/mol. The van der Waals surface area contributed by atoms with Crippen LogP contribution in [0.4, 0.5) is 11.5 Å². The maximum atomic E-state index is 11.5. The number of halogens is 1. The zero-order chi connectivity index (χ0) is 11.5. The minimum absolute atomic E-state index is 0.0605. The Bertz CT molecular complexity index is 553. The molecule has 0 amide bonds. The number of hydrogen-bond acceptors (Lipinski definition) is 5. The Balaban J connectivity index is 2.31. The fourth-order valence-corrected chi connectivity index (χ4v) is 1.72. The van der Waals surface area contributed by atoms with Crippen molar-refractivity contribution in [1.82, 2.24) is 8.75 Å². The normalized spacial score (nSPS) is 10.1. The highest BCUT2D eigenvalue weighted by molar-refractivity contribution is 6.99. The second-order valence-corrected chi connectivity index (χ2v) is 4.11. The van der Waals surface area contributed by atoms with Crippen LogP contribution in [0.3, 0.4) is 0 Å². The van der Waals surface area contributed by atoms with Crippen LogP contribution in [0.25, 0.3) is 0 Å². The van der Waals surface area contributed by atoms with Crippen LogP contribution in [0.1, 0.15) is 5.56 Å². The van der Waals surface area contributed by atoms with Gasteiger partial charge in [-0.2, -0.15) is 8.75 Å². The SMILES string of the molecule is Cc1ccc(Nc2nsnc(Cl)c2=O)cc1. The van der Waals surface area contributed by atoms with E-state index in [1.807, 2.05) is 31.2 Å². The lowest BCUT2D eigenvalue weighted by atomic mass is 10.2. The molecule has 1 N–H and O–H groups in total. The van der Waals surface area contributed by atoms with Gasteiger partial charge in [0.25, 0.3) is 5.43 Å². The largest absolute Gasteiger partial charge is 0.336 e. The van der Waals surface area contributed by atoms with Crippen molar-refractivity contribution in [2.24, 2.45) is 0 Å². The van der Waals surface area contributed by atoms with E-state index >= 15 is 0 Å². The van der Waals surface area contributed by atoms with E-state index in [1.54, 1.807) is 0 Å². The Labute approximate surface area is 101 Å². The molecule has 82 valence electrons. The first-order valence-corrected chi connectivity index (χ1v) is 5.64. The number of nitrogens with zero attached hydrogens (tertiary/aromatic N) is 2. The van der Waals surface area contributed by atoms with Crippen molar-refractivity contribution in [1.29, 1.82) is 0 Å². The molecule has 0 spiro atoms. The van der Waals surface area contributed by atoms with Gasteiger partial charge in [0.05, 0.1) is 11.7 Å². The average Bonchev–Trinajstić information content (AvgIpc) is 2.28. The Morgan fingerprint density at radius 1 is 1.25 bits per heavy atom. The van der Waals surface area contributed by atoms with Gasteiger partial charge in [-0.15, -0.1) is 0 Å². The summed E-state index contributed by atoms with van der Waals surface area (Å²) in [7, 11) is 0. The smallest absolute Gasteiger partial charge is 0.260 e. The number of benzene rings is 1. The standard InChI is InChI=1S/C10H8ClN3OS/c1-6-2-4-7(5-3-6)12-10-8(15)9(11)13-16-14-10/h2-5H,1H3,(H,12,14). The van der Waals surface area contributed by atoms with Gasteiger partial charge in [0.15, 0.2) is 11.0 Å². The van der Waals surface area contributed by atoms with Crippen LogP contribution in [0, 0.1) is 6.92 Å². The third-order valence-electron chi connectivity index (χ3n) is 1.97. The average molecular weight is 254 g/mol. The number of rotatable bonds is 2. The van der Waals surface area contributed by atoms with Crippen LogP contribution in [0.5, 0.6) is 0 Å².